The van der Waals surface area contributed by atoms with E-state index in [4.69, 9.17) is 4.74 Å². The summed E-state index contributed by atoms with van der Waals surface area (Å²) in [6, 6.07) is 6.95. The number of benzene rings is 1. The maximum absolute atomic E-state index is 12.6. The van der Waals surface area contributed by atoms with E-state index in [-0.39, 0.29) is 17.1 Å². The molecule has 2 nitrogen and oxygen atoms in total. The normalized spacial score (nSPS) is 25.4. The van der Waals surface area contributed by atoms with Gasteiger partial charge in [0.25, 0.3) is 6.43 Å². The van der Waals surface area contributed by atoms with Gasteiger partial charge in [0, 0.05) is 30.7 Å². The van der Waals surface area contributed by atoms with Gasteiger partial charge in [0.1, 0.15) is 0 Å². The molecule has 106 valence electrons. The molecule has 0 heterocycles. The fourth-order valence-electron chi connectivity index (χ4n) is 2.71. The van der Waals surface area contributed by atoms with E-state index in [9.17, 15) is 8.78 Å². The topological polar surface area (TPSA) is 21.3 Å². The summed E-state index contributed by atoms with van der Waals surface area (Å²) in [5.41, 5.74) is 1.08. The number of rotatable bonds is 5. The lowest BCUT2D eigenvalue weighted by molar-refractivity contribution is -0.0979. The van der Waals surface area contributed by atoms with Crippen LogP contribution in [0.1, 0.15) is 37.8 Å². The minimum atomic E-state index is -2.40. The predicted octanol–water partition coefficient (Wildman–Crippen LogP) is 3.53. The fraction of sp³-hybridized carbons (Fsp3) is 0.600. The van der Waals surface area contributed by atoms with Gasteiger partial charge in [0.15, 0.2) is 0 Å². The molecular weight excluding hydrogens is 248 g/mol. The van der Waals surface area contributed by atoms with Crippen LogP contribution in [0.4, 0.5) is 8.78 Å². The van der Waals surface area contributed by atoms with Crippen molar-refractivity contribution >= 4 is 0 Å². The molecule has 0 bridgehead atoms. The molecule has 1 fully saturated rings. The van der Waals surface area contributed by atoms with Gasteiger partial charge >= 0.3 is 0 Å². The molecule has 1 aliphatic carbocycles. The average molecular weight is 269 g/mol. The Bertz CT molecular complexity index is 434. The molecule has 4 heteroatoms. The first-order chi connectivity index (χ1) is 8.95. The maximum atomic E-state index is 12.6. The zero-order valence-electron chi connectivity index (χ0n) is 11.6. The highest BCUT2D eigenvalue weighted by Gasteiger charge is 2.48. The second kappa shape index (κ2) is 5.55. The summed E-state index contributed by atoms with van der Waals surface area (Å²) in [6.45, 7) is 4.95. The molecule has 0 amide bonds. The minimum Gasteiger partial charge on any atom is -0.381 e. The van der Waals surface area contributed by atoms with Crippen LogP contribution in [0.3, 0.4) is 0 Å². The first kappa shape index (κ1) is 14.4. The van der Waals surface area contributed by atoms with E-state index < -0.39 is 6.43 Å². The van der Waals surface area contributed by atoms with Crippen LogP contribution >= 0.6 is 0 Å². The van der Waals surface area contributed by atoms with Crippen LogP contribution in [0, 0.1) is 5.41 Å². The third-order valence-electron chi connectivity index (χ3n) is 4.22. The van der Waals surface area contributed by atoms with Gasteiger partial charge < -0.3 is 10.1 Å². The third-order valence-corrected chi connectivity index (χ3v) is 4.22. The Morgan fingerprint density at radius 2 is 2.16 bits per heavy atom. The largest absolute Gasteiger partial charge is 0.381 e. The second-order valence-corrected chi connectivity index (χ2v) is 5.76. The minimum absolute atomic E-state index is 0.0851. The Morgan fingerprint density at radius 1 is 1.42 bits per heavy atom. The lowest BCUT2D eigenvalue weighted by Gasteiger charge is -2.51. The second-order valence-electron chi connectivity index (χ2n) is 5.76. The summed E-state index contributed by atoms with van der Waals surface area (Å²) in [7, 11) is 1.73. The lowest BCUT2D eigenvalue weighted by Crippen LogP contribution is -2.60. The predicted molar refractivity (Wildman–Crippen MR) is 71.2 cm³/mol. The molecule has 2 unspecified atom stereocenters. The number of hydrogen-bond donors (Lipinski definition) is 1. The van der Waals surface area contributed by atoms with Gasteiger partial charge in [-0.3, -0.25) is 0 Å². The Hall–Kier alpha value is -1.00. The van der Waals surface area contributed by atoms with E-state index in [1.807, 2.05) is 6.07 Å². The molecule has 1 aliphatic rings. The zero-order chi connectivity index (χ0) is 14.0. The Morgan fingerprint density at radius 3 is 2.74 bits per heavy atom. The van der Waals surface area contributed by atoms with Crippen molar-refractivity contribution in [1.82, 2.24) is 5.32 Å². The maximum Gasteiger partial charge on any atom is 0.263 e. The number of halogens is 2. The summed E-state index contributed by atoms with van der Waals surface area (Å²) in [5.74, 6) is 0. The summed E-state index contributed by atoms with van der Waals surface area (Å²) < 4.78 is 30.6. The Kier molecular flexibility index (Phi) is 4.21. The van der Waals surface area contributed by atoms with Crippen LogP contribution in [-0.4, -0.2) is 19.3 Å². The SMILES string of the molecule is COC1CC(NCc2cccc(C(F)F)c2)C1(C)C. The van der Waals surface area contributed by atoms with Crippen molar-refractivity contribution in [3.8, 4) is 0 Å². The van der Waals surface area contributed by atoms with E-state index in [0.29, 0.717) is 12.6 Å². The van der Waals surface area contributed by atoms with Crippen LogP contribution < -0.4 is 5.32 Å². The van der Waals surface area contributed by atoms with Crippen LogP contribution in [0.25, 0.3) is 0 Å². The number of methoxy groups -OCH3 is 1. The van der Waals surface area contributed by atoms with Gasteiger partial charge in [-0.2, -0.15) is 0 Å². The molecule has 0 aliphatic heterocycles. The molecule has 2 atom stereocenters. The van der Waals surface area contributed by atoms with Crippen molar-refractivity contribution in [1.29, 1.82) is 0 Å². The van der Waals surface area contributed by atoms with Crippen LogP contribution in [0.5, 0.6) is 0 Å². The van der Waals surface area contributed by atoms with Crippen LogP contribution in [0.2, 0.25) is 0 Å². The highest BCUT2D eigenvalue weighted by Crippen LogP contribution is 2.42. The summed E-state index contributed by atoms with van der Waals surface area (Å²) in [6.07, 6.45) is -1.16. The van der Waals surface area contributed by atoms with Gasteiger partial charge in [0.05, 0.1) is 6.10 Å². The van der Waals surface area contributed by atoms with Crippen LogP contribution in [-0.2, 0) is 11.3 Å². The van der Waals surface area contributed by atoms with Crippen molar-refractivity contribution in [2.75, 3.05) is 7.11 Å². The van der Waals surface area contributed by atoms with E-state index in [1.54, 1.807) is 19.2 Å². The molecule has 19 heavy (non-hydrogen) atoms. The van der Waals surface area contributed by atoms with Crippen LogP contribution in [0.15, 0.2) is 24.3 Å². The molecule has 0 aromatic heterocycles. The van der Waals surface area contributed by atoms with E-state index in [2.05, 4.69) is 19.2 Å². The van der Waals surface area contributed by atoms with Crippen molar-refractivity contribution < 1.29 is 13.5 Å². The monoisotopic (exact) mass is 269 g/mol. The smallest absolute Gasteiger partial charge is 0.263 e. The molecule has 1 N–H and O–H groups in total. The van der Waals surface area contributed by atoms with Gasteiger partial charge in [-0.05, 0) is 18.1 Å². The summed E-state index contributed by atoms with van der Waals surface area (Å²) in [4.78, 5) is 0. The quantitative estimate of drug-likeness (QED) is 0.883. The number of hydrogen-bond acceptors (Lipinski definition) is 2. The standard InChI is InChI=1S/C15H21F2NO/c1-15(2)12(8-13(15)19-3)18-9-10-5-4-6-11(7-10)14(16)17/h4-7,12-14,18H,8-9H2,1-3H3. The first-order valence-corrected chi connectivity index (χ1v) is 6.58. The van der Waals surface area contributed by atoms with Gasteiger partial charge in [-0.25, -0.2) is 8.78 Å². The Balaban J connectivity index is 1.92. The number of nitrogens with one attached hydrogen (secondary N) is 1. The van der Waals surface area contributed by atoms with E-state index in [0.717, 1.165) is 12.0 Å². The zero-order valence-corrected chi connectivity index (χ0v) is 11.6. The molecule has 0 saturated heterocycles. The van der Waals surface area contributed by atoms with Gasteiger partial charge in [-0.1, -0.05) is 32.0 Å². The fourth-order valence-corrected chi connectivity index (χ4v) is 2.71. The Labute approximate surface area is 113 Å². The molecule has 2 rings (SSSR count). The van der Waals surface area contributed by atoms with E-state index >= 15 is 0 Å². The van der Waals surface area contributed by atoms with Crippen molar-refractivity contribution in [2.24, 2.45) is 5.41 Å². The highest BCUT2D eigenvalue weighted by molar-refractivity contribution is 5.24. The summed E-state index contributed by atoms with van der Waals surface area (Å²) in [5, 5.41) is 3.43. The molecule has 0 spiro atoms. The van der Waals surface area contributed by atoms with Crippen molar-refractivity contribution in [3.05, 3.63) is 35.4 Å². The molecule has 1 saturated carbocycles. The highest BCUT2D eigenvalue weighted by atomic mass is 19.3. The van der Waals surface area contributed by atoms with Gasteiger partial charge in [-0.15, -0.1) is 0 Å². The average Bonchev–Trinajstić information content (AvgIpc) is 2.38. The summed E-state index contributed by atoms with van der Waals surface area (Å²) >= 11 is 0. The van der Waals surface area contributed by atoms with Crippen molar-refractivity contribution in [3.63, 3.8) is 0 Å². The van der Waals surface area contributed by atoms with E-state index in [1.165, 1.54) is 6.07 Å². The molecule has 1 aromatic carbocycles. The number of ether oxygens (including phenoxy) is 1. The molecular formula is C15H21F2NO. The molecule has 1 aromatic rings. The first-order valence-electron chi connectivity index (χ1n) is 6.58. The van der Waals surface area contributed by atoms with Crippen molar-refractivity contribution in [2.45, 2.75) is 45.4 Å². The van der Waals surface area contributed by atoms with Gasteiger partial charge in [0.2, 0.25) is 0 Å². The number of alkyl halides is 2. The lowest BCUT2D eigenvalue weighted by atomic mass is 9.64. The third kappa shape index (κ3) is 2.95. The molecule has 0 radical (unpaired) electrons.